The molecular weight excluding hydrogens is 295 g/mol. The zero-order valence-corrected chi connectivity index (χ0v) is 11.5. The molecule has 92 valence electrons. The molecule has 2 rings (SSSR count). The normalized spacial score (nSPS) is 10.4. The van der Waals surface area contributed by atoms with E-state index in [0.29, 0.717) is 12.0 Å². The summed E-state index contributed by atoms with van der Waals surface area (Å²) in [5, 5.41) is 0. The number of Topliss-reactive ketones (excluding diaryl/α,β-unsaturated/α-hetero) is 1. The summed E-state index contributed by atoms with van der Waals surface area (Å²) in [4.78, 5) is 12.1. The van der Waals surface area contributed by atoms with Crippen molar-refractivity contribution in [2.24, 2.45) is 0 Å². The third-order valence-electron chi connectivity index (χ3n) is 2.77. The van der Waals surface area contributed by atoms with E-state index in [1.807, 2.05) is 25.1 Å². The third-order valence-corrected chi connectivity index (χ3v) is 3.26. The smallest absolute Gasteiger partial charge is 0.167 e. The Hall–Kier alpha value is -1.48. The van der Waals surface area contributed by atoms with Crippen LogP contribution in [-0.2, 0) is 6.42 Å². The van der Waals surface area contributed by atoms with E-state index in [0.717, 1.165) is 15.6 Å². The van der Waals surface area contributed by atoms with Crippen LogP contribution in [0.2, 0.25) is 0 Å². The summed E-state index contributed by atoms with van der Waals surface area (Å²) < 4.78 is 13.7. The first-order valence-electron chi connectivity index (χ1n) is 5.60. The summed E-state index contributed by atoms with van der Waals surface area (Å²) >= 11 is 3.37. The van der Waals surface area contributed by atoms with Gasteiger partial charge in [0.05, 0.1) is 0 Å². The lowest BCUT2D eigenvalue weighted by Gasteiger charge is -2.05. The minimum absolute atomic E-state index is 0.0478. The van der Waals surface area contributed by atoms with Gasteiger partial charge in [0.25, 0.3) is 0 Å². The summed E-state index contributed by atoms with van der Waals surface area (Å²) in [7, 11) is 0. The van der Waals surface area contributed by atoms with Crippen molar-refractivity contribution in [2.45, 2.75) is 13.3 Å². The molecule has 0 saturated heterocycles. The van der Waals surface area contributed by atoms with E-state index in [1.165, 1.54) is 12.1 Å². The Morgan fingerprint density at radius 2 is 1.83 bits per heavy atom. The number of carbonyl (C=O) groups is 1. The summed E-state index contributed by atoms with van der Waals surface area (Å²) in [6.07, 6.45) is 0.294. The molecule has 0 aliphatic rings. The first-order chi connectivity index (χ1) is 8.56. The van der Waals surface area contributed by atoms with Gasteiger partial charge in [-0.25, -0.2) is 4.39 Å². The minimum Gasteiger partial charge on any atom is -0.294 e. The number of hydrogen-bond donors (Lipinski definition) is 0. The lowest BCUT2D eigenvalue weighted by molar-refractivity contribution is 0.0992. The van der Waals surface area contributed by atoms with Gasteiger partial charge >= 0.3 is 0 Å². The Labute approximate surface area is 114 Å². The van der Waals surface area contributed by atoms with E-state index in [-0.39, 0.29) is 11.6 Å². The average Bonchev–Trinajstić information content (AvgIpc) is 2.32. The van der Waals surface area contributed by atoms with E-state index in [4.69, 9.17) is 0 Å². The number of halogens is 2. The van der Waals surface area contributed by atoms with Crippen LogP contribution < -0.4 is 0 Å². The number of aryl methyl sites for hydroxylation is 1. The largest absolute Gasteiger partial charge is 0.294 e. The third kappa shape index (κ3) is 3.05. The fraction of sp³-hybridized carbons (Fsp3) is 0.133. The Bertz CT molecular complexity index is 576. The van der Waals surface area contributed by atoms with E-state index in [2.05, 4.69) is 15.9 Å². The summed E-state index contributed by atoms with van der Waals surface area (Å²) in [6, 6.07) is 11.6. The lowest BCUT2D eigenvalue weighted by Crippen LogP contribution is -2.05. The highest BCUT2D eigenvalue weighted by Crippen LogP contribution is 2.18. The van der Waals surface area contributed by atoms with Gasteiger partial charge in [0.1, 0.15) is 5.82 Å². The summed E-state index contributed by atoms with van der Waals surface area (Å²) in [6.45, 7) is 1.91. The molecule has 0 saturated carbocycles. The molecule has 3 heteroatoms. The van der Waals surface area contributed by atoms with Crippen molar-refractivity contribution in [3.63, 3.8) is 0 Å². The van der Waals surface area contributed by atoms with Gasteiger partial charge in [0, 0.05) is 16.5 Å². The number of benzene rings is 2. The van der Waals surface area contributed by atoms with Gasteiger partial charge in [0.2, 0.25) is 0 Å². The molecule has 1 nitrogen and oxygen atoms in total. The molecule has 0 atom stereocenters. The average molecular weight is 307 g/mol. The maximum Gasteiger partial charge on any atom is 0.167 e. The quantitative estimate of drug-likeness (QED) is 0.772. The van der Waals surface area contributed by atoms with E-state index in [1.54, 1.807) is 12.1 Å². The minimum atomic E-state index is -0.286. The van der Waals surface area contributed by atoms with Crippen LogP contribution in [0.3, 0.4) is 0 Å². The predicted octanol–water partition coefficient (Wildman–Crippen LogP) is 4.32. The van der Waals surface area contributed by atoms with Gasteiger partial charge in [-0.2, -0.15) is 0 Å². The zero-order valence-electron chi connectivity index (χ0n) is 9.91. The van der Waals surface area contributed by atoms with Crippen molar-refractivity contribution < 1.29 is 9.18 Å². The van der Waals surface area contributed by atoms with E-state index >= 15 is 0 Å². The summed E-state index contributed by atoms with van der Waals surface area (Å²) in [5.41, 5.74) is 2.47. The van der Waals surface area contributed by atoms with Crippen molar-refractivity contribution in [3.05, 3.63) is 69.4 Å². The molecule has 0 radical (unpaired) electrons. The zero-order chi connectivity index (χ0) is 13.1. The molecule has 2 aromatic rings. The SMILES string of the molecule is Cc1cc(Br)ccc1C(=O)Cc1ccc(F)cc1. The maximum atomic E-state index is 12.8. The fourth-order valence-electron chi connectivity index (χ4n) is 1.82. The molecule has 0 unspecified atom stereocenters. The second kappa shape index (κ2) is 5.44. The first kappa shape index (κ1) is 13.0. The van der Waals surface area contributed by atoms with Gasteiger partial charge in [-0.15, -0.1) is 0 Å². The van der Waals surface area contributed by atoms with Gasteiger partial charge in [-0.3, -0.25) is 4.79 Å². The molecule has 0 amide bonds. The maximum absolute atomic E-state index is 12.8. The molecule has 18 heavy (non-hydrogen) atoms. The number of carbonyl (C=O) groups excluding carboxylic acids is 1. The van der Waals surface area contributed by atoms with Crippen LogP contribution in [0.5, 0.6) is 0 Å². The first-order valence-corrected chi connectivity index (χ1v) is 6.39. The van der Waals surface area contributed by atoms with Crippen LogP contribution in [-0.4, -0.2) is 5.78 Å². The standard InChI is InChI=1S/C15H12BrFO/c1-10-8-12(16)4-7-14(10)15(18)9-11-2-5-13(17)6-3-11/h2-8H,9H2,1H3. The van der Waals surface area contributed by atoms with E-state index < -0.39 is 0 Å². The van der Waals surface area contributed by atoms with Crippen molar-refractivity contribution in [1.82, 2.24) is 0 Å². The highest BCUT2D eigenvalue weighted by atomic mass is 79.9. The monoisotopic (exact) mass is 306 g/mol. The van der Waals surface area contributed by atoms with Crippen molar-refractivity contribution in [3.8, 4) is 0 Å². The number of ketones is 1. The molecule has 0 fully saturated rings. The predicted molar refractivity (Wildman–Crippen MR) is 73.3 cm³/mol. The molecule has 0 spiro atoms. The van der Waals surface area contributed by atoms with Gasteiger partial charge < -0.3 is 0 Å². The Kier molecular flexibility index (Phi) is 3.92. The number of hydrogen-bond acceptors (Lipinski definition) is 1. The van der Waals surface area contributed by atoms with Gasteiger partial charge in [-0.1, -0.05) is 34.1 Å². The highest BCUT2D eigenvalue weighted by molar-refractivity contribution is 9.10. The second-order valence-corrected chi connectivity index (χ2v) is 5.10. The highest BCUT2D eigenvalue weighted by Gasteiger charge is 2.10. The molecule has 0 aliphatic heterocycles. The van der Waals surface area contributed by atoms with Crippen LogP contribution >= 0.6 is 15.9 Å². The van der Waals surface area contributed by atoms with E-state index in [9.17, 15) is 9.18 Å². The molecule has 0 bridgehead atoms. The van der Waals surface area contributed by atoms with Crippen LogP contribution in [0, 0.1) is 12.7 Å². The van der Waals surface area contributed by atoms with Crippen LogP contribution in [0.4, 0.5) is 4.39 Å². The lowest BCUT2D eigenvalue weighted by atomic mass is 9.99. The molecule has 0 N–H and O–H groups in total. The van der Waals surface area contributed by atoms with Crippen molar-refractivity contribution in [2.75, 3.05) is 0 Å². The van der Waals surface area contributed by atoms with Gasteiger partial charge in [-0.05, 0) is 42.3 Å². The van der Waals surface area contributed by atoms with Crippen LogP contribution in [0.25, 0.3) is 0 Å². The molecule has 2 aromatic carbocycles. The number of rotatable bonds is 3. The molecular formula is C15H12BrFO. The second-order valence-electron chi connectivity index (χ2n) is 4.19. The van der Waals surface area contributed by atoms with Crippen molar-refractivity contribution in [1.29, 1.82) is 0 Å². The Balaban J connectivity index is 2.19. The Morgan fingerprint density at radius 3 is 2.44 bits per heavy atom. The van der Waals surface area contributed by atoms with Crippen LogP contribution in [0.1, 0.15) is 21.5 Å². The summed E-state index contributed by atoms with van der Waals surface area (Å²) in [5.74, 6) is -0.238. The van der Waals surface area contributed by atoms with Crippen molar-refractivity contribution >= 4 is 21.7 Å². The molecule has 0 heterocycles. The molecule has 0 aliphatic carbocycles. The van der Waals surface area contributed by atoms with Crippen LogP contribution in [0.15, 0.2) is 46.9 Å². The Morgan fingerprint density at radius 1 is 1.17 bits per heavy atom. The topological polar surface area (TPSA) is 17.1 Å². The molecule has 0 aromatic heterocycles. The van der Waals surface area contributed by atoms with Gasteiger partial charge in [0.15, 0.2) is 5.78 Å². The fourth-order valence-corrected chi connectivity index (χ4v) is 2.30.